The number of hydrogen-bond donors (Lipinski definition) is 2. The Morgan fingerprint density at radius 1 is 1.15 bits per heavy atom. The number of rotatable bonds is 3. The fourth-order valence-corrected chi connectivity index (χ4v) is 2.71. The molecule has 112 valence electrons. The van der Waals surface area contributed by atoms with Crippen LogP contribution in [0.2, 0.25) is 0 Å². The summed E-state index contributed by atoms with van der Waals surface area (Å²) < 4.78 is 1.09. The molecule has 1 aliphatic carbocycles. The molecule has 5 heteroatoms. The van der Waals surface area contributed by atoms with Gasteiger partial charge in [0.2, 0.25) is 0 Å². The van der Waals surface area contributed by atoms with Crippen LogP contribution in [0.25, 0.3) is 0 Å². The second-order valence-corrected chi connectivity index (χ2v) is 6.08. The number of nitrogens with two attached hydrogens (primary N) is 1. The van der Waals surface area contributed by atoms with E-state index in [9.17, 15) is 0 Å². The van der Waals surface area contributed by atoms with Crippen molar-refractivity contribution < 1.29 is 0 Å². The van der Waals surface area contributed by atoms with E-state index in [1.807, 2.05) is 12.1 Å². The van der Waals surface area contributed by atoms with Gasteiger partial charge in [-0.25, -0.2) is 4.99 Å². The third-order valence-electron chi connectivity index (χ3n) is 3.55. The monoisotopic (exact) mass is 451 g/mol. The van der Waals surface area contributed by atoms with Gasteiger partial charge in [-0.2, -0.15) is 0 Å². The zero-order valence-electron chi connectivity index (χ0n) is 11.6. The van der Waals surface area contributed by atoms with Gasteiger partial charge in [-0.05, 0) is 30.5 Å². The van der Waals surface area contributed by atoms with Crippen LogP contribution < -0.4 is 11.1 Å². The molecule has 1 aromatic carbocycles. The molecule has 2 rings (SSSR count). The number of hydrogen-bond acceptors (Lipinski definition) is 1. The molecule has 0 spiro atoms. The van der Waals surface area contributed by atoms with Crippen LogP contribution in [-0.4, -0.2) is 12.0 Å². The van der Waals surface area contributed by atoms with Crippen LogP contribution in [0.1, 0.15) is 44.1 Å². The minimum atomic E-state index is 0. The second-order valence-electron chi connectivity index (χ2n) is 5.16. The lowest BCUT2D eigenvalue weighted by atomic mass is 10.1. The summed E-state index contributed by atoms with van der Waals surface area (Å²) in [4.78, 5) is 4.42. The Morgan fingerprint density at radius 3 is 2.35 bits per heavy atom. The zero-order valence-corrected chi connectivity index (χ0v) is 15.6. The van der Waals surface area contributed by atoms with Crippen molar-refractivity contribution in [3.8, 4) is 0 Å². The van der Waals surface area contributed by atoms with Crippen molar-refractivity contribution in [2.75, 3.05) is 0 Å². The third-order valence-corrected chi connectivity index (χ3v) is 4.08. The maximum absolute atomic E-state index is 5.96. The molecule has 0 unspecified atom stereocenters. The van der Waals surface area contributed by atoms with E-state index in [4.69, 9.17) is 5.73 Å². The zero-order chi connectivity index (χ0) is 13.5. The number of guanidine groups is 1. The van der Waals surface area contributed by atoms with Crippen LogP contribution in [0, 0.1) is 0 Å². The summed E-state index contributed by atoms with van der Waals surface area (Å²) in [7, 11) is 0. The summed E-state index contributed by atoms with van der Waals surface area (Å²) >= 11 is 3.43. The first-order valence-electron chi connectivity index (χ1n) is 7.05. The number of nitrogens with zero attached hydrogens (tertiary/aromatic N) is 1. The van der Waals surface area contributed by atoms with Gasteiger partial charge in [0.05, 0.1) is 6.54 Å². The van der Waals surface area contributed by atoms with Gasteiger partial charge in [0.1, 0.15) is 0 Å². The predicted molar refractivity (Wildman–Crippen MR) is 99.5 cm³/mol. The molecule has 0 bridgehead atoms. The average Bonchev–Trinajstić information content (AvgIpc) is 2.67. The fourth-order valence-electron chi connectivity index (χ4n) is 2.44. The van der Waals surface area contributed by atoms with E-state index in [0.29, 0.717) is 18.5 Å². The molecule has 0 radical (unpaired) electrons. The minimum absolute atomic E-state index is 0. The van der Waals surface area contributed by atoms with Gasteiger partial charge in [-0.15, -0.1) is 24.0 Å². The van der Waals surface area contributed by atoms with E-state index < -0.39 is 0 Å². The summed E-state index contributed by atoms with van der Waals surface area (Å²) in [5, 5.41) is 3.36. The maximum Gasteiger partial charge on any atom is 0.189 e. The molecule has 0 amide bonds. The SMILES string of the molecule is I.NC(=NCc1ccc(Br)cc1)NC1CCCCCC1. The van der Waals surface area contributed by atoms with Crippen LogP contribution in [0.15, 0.2) is 33.7 Å². The molecule has 1 saturated carbocycles. The van der Waals surface area contributed by atoms with Crippen molar-refractivity contribution >= 4 is 45.9 Å². The van der Waals surface area contributed by atoms with Gasteiger partial charge in [0.15, 0.2) is 5.96 Å². The van der Waals surface area contributed by atoms with E-state index >= 15 is 0 Å². The van der Waals surface area contributed by atoms with Crippen molar-refractivity contribution in [1.82, 2.24) is 5.32 Å². The quantitative estimate of drug-likeness (QED) is 0.313. The van der Waals surface area contributed by atoms with Gasteiger partial charge in [-0.3, -0.25) is 0 Å². The van der Waals surface area contributed by atoms with Crippen molar-refractivity contribution in [2.45, 2.75) is 51.1 Å². The largest absolute Gasteiger partial charge is 0.370 e. The summed E-state index contributed by atoms with van der Waals surface area (Å²) in [6.07, 6.45) is 7.75. The standard InChI is InChI=1S/C15H22BrN3.HI/c16-13-9-7-12(8-10-13)11-18-15(17)19-14-5-3-1-2-4-6-14;/h7-10,14H,1-6,11H2,(H3,17,18,19);1H. The Morgan fingerprint density at radius 2 is 1.75 bits per heavy atom. The second kappa shape index (κ2) is 9.60. The first-order chi connectivity index (χ1) is 9.24. The molecule has 3 nitrogen and oxygen atoms in total. The van der Waals surface area contributed by atoms with E-state index in [1.54, 1.807) is 0 Å². The fraction of sp³-hybridized carbons (Fsp3) is 0.533. The highest BCUT2D eigenvalue weighted by molar-refractivity contribution is 14.0. The molecule has 0 atom stereocenters. The number of benzene rings is 1. The van der Waals surface area contributed by atoms with Crippen molar-refractivity contribution in [3.63, 3.8) is 0 Å². The lowest BCUT2D eigenvalue weighted by molar-refractivity contribution is 0.530. The number of halogens is 2. The average molecular weight is 452 g/mol. The lowest BCUT2D eigenvalue weighted by Gasteiger charge is -2.16. The van der Waals surface area contributed by atoms with E-state index in [1.165, 1.54) is 44.1 Å². The molecule has 3 N–H and O–H groups in total. The first kappa shape index (κ1) is 17.8. The van der Waals surface area contributed by atoms with Gasteiger partial charge in [-0.1, -0.05) is 53.7 Å². The highest BCUT2D eigenvalue weighted by Gasteiger charge is 2.12. The molecular formula is C15H23BrIN3. The highest BCUT2D eigenvalue weighted by atomic mass is 127. The Hall–Kier alpha value is -0.300. The van der Waals surface area contributed by atoms with Gasteiger partial charge in [0.25, 0.3) is 0 Å². The van der Waals surface area contributed by atoms with E-state index in [0.717, 1.165) is 4.47 Å². The Balaban J connectivity index is 0.00000200. The normalized spacial score (nSPS) is 17.1. The molecular weight excluding hydrogens is 429 g/mol. The summed E-state index contributed by atoms with van der Waals surface area (Å²) in [5.41, 5.74) is 7.14. The van der Waals surface area contributed by atoms with Crippen molar-refractivity contribution in [1.29, 1.82) is 0 Å². The van der Waals surface area contributed by atoms with Crippen LogP contribution >= 0.6 is 39.9 Å². The molecule has 0 saturated heterocycles. The summed E-state index contributed by atoms with van der Waals surface area (Å²) in [6, 6.07) is 8.69. The summed E-state index contributed by atoms with van der Waals surface area (Å²) in [5.74, 6) is 0.579. The minimum Gasteiger partial charge on any atom is -0.370 e. The smallest absolute Gasteiger partial charge is 0.189 e. The Kier molecular flexibility index (Phi) is 8.52. The highest BCUT2D eigenvalue weighted by Crippen LogP contribution is 2.17. The van der Waals surface area contributed by atoms with Crippen molar-refractivity contribution in [3.05, 3.63) is 34.3 Å². The molecule has 0 aliphatic heterocycles. The van der Waals surface area contributed by atoms with Gasteiger partial charge >= 0.3 is 0 Å². The van der Waals surface area contributed by atoms with E-state index in [-0.39, 0.29) is 24.0 Å². The number of aliphatic imine (C=N–C) groups is 1. The van der Waals surface area contributed by atoms with Crippen molar-refractivity contribution in [2.24, 2.45) is 10.7 Å². The molecule has 1 aromatic rings. The first-order valence-corrected chi connectivity index (χ1v) is 7.84. The molecule has 1 fully saturated rings. The van der Waals surface area contributed by atoms with Crippen LogP contribution in [-0.2, 0) is 6.54 Å². The molecule has 1 aliphatic rings. The summed E-state index contributed by atoms with van der Waals surface area (Å²) in [6.45, 7) is 0.638. The number of nitrogens with one attached hydrogen (secondary N) is 1. The predicted octanol–water partition coefficient (Wildman–Crippen LogP) is 4.19. The topological polar surface area (TPSA) is 50.4 Å². The lowest BCUT2D eigenvalue weighted by Crippen LogP contribution is -2.39. The van der Waals surface area contributed by atoms with Gasteiger partial charge < -0.3 is 11.1 Å². The molecule has 20 heavy (non-hydrogen) atoms. The Bertz CT molecular complexity index is 412. The van der Waals surface area contributed by atoms with E-state index in [2.05, 4.69) is 38.4 Å². The third kappa shape index (κ3) is 6.43. The van der Waals surface area contributed by atoms with Crippen LogP contribution in [0.5, 0.6) is 0 Å². The molecule has 0 aromatic heterocycles. The van der Waals surface area contributed by atoms with Gasteiger partial charge in [0, 0.05) is 10.5 Å². The van der Waals surface area contributed by atoms with Crippen LogP contribution in [0.4, 0.5) is 0 Å². The maximum atomic E-state index is 5.96. The Labute approximate surface area is 147 Å². The molecule has 0 heterocycles. The van der Waals surface area contributed by atoms with Crippen LogP contribution in [0.3, 0.4) is 0 Å².